The molecule has 0 aromatic heterocycles. The van der Waals surface area contributed by atoms with Gasteiger partial charge in [-0.1, -0.05) is 42.5 Å². The van der Waals surface area contributed by atoms with Crippen LogP contribution < -0.4 is 26.6 Å². The third kappa shape index (κ3) is 35.8. The summed E-state index contributed by atoms with van der Waals surface area (Å²) >= 11 is 0. The first-order valence-electron chi connectivity index (χ1n) is 31.2. The lowest BCUT2D eigenvalue weighted by atomic mass is 10.1. The molecule has 85 heavy (non-hydrogen) atoms. The lowest BCUT2D eigenvalue weighted by molar-refractivity contribution is 0.0384. The molecule has 13 heteroatoms. The highest BCUT2D eigenvalue weighted by molar-refractivity contribution is 5.50. The van der Waals surface area contributed by atoms with E-state index >= 15 is 0 Å². The van der Waals surface area contributed by atoms with E-state index in [2.05, 4.69) is 232 Å². The Morgan fingerprint density at radius 2 is 0.706 bits per heavy atom. The van der Waals surface area contributed by atoms with Crippen molar-refractivity contribution in [2.45, 2.75) is 177 Å². The fourth-order valence-electron chi connectivity index (χ4n) is 9.40. The molecule has 0 aliphatic carbocycles. The van der Waals surface area contributed by atoms with E-state index in [1.165, 1.54) is 78.7 Å². The number of morpholine rings is 1. The molecule has 2 fully saturated rings. The molecule has 7 rings (SSSR count). The van der Waals surface area contributed by atoms with E-state index < -0.39 is 0 Å². The van der Waals surface area contributed by atoms with Crippen molar-refractivity contribution in [1.82, 2.24) is 24.5 Å². The first-order valence-corrected chi connectivity index (χ1v) is 31.2. The number of rotatable bonds is 18. The smallest absolute Gasteiger partial charge is 0.129 e. The highest BCUT2D eigenvalue weighted by Gasteiger charge is 2.16. The molecule has 476 valence electrons. The van der Waals surface area contributed by atoms with Gasteiger partial charge in [-0.3, -0.25) is 4.90 Å². The average Bonchev–Trinajstić information content (AvgIpc) is 4.06. The molecule has 0 saturated carbocycles. The van der Waals surface area contributed by atoms with Gasteiger partial charge in [-0.2, -0.15) is 0 Å². The van der Waals surface area contributed by atoms with E-state index in [0.29, 0.717) is 13.1 Å². The van der Waals surface area contributed by atoms with Gasteiger partial charge in [-0.15, -0.1) is 0 Å². The summed E-state index contributed by atoms with van der Waals surface area (Å²) in [5.74, 6) is -0.295. The summed E-state index contributed by atoms with van der Waals surface area (Å²) in [6, 6.07) is 37.0. The second kappa shape index (κ2) is 35.5. The van der Waals surface area contributed by atoms with Crippen molar-refractivity contribution >= 4 is 28.4 Å². The van der Waals surface area contributed by atoms with Crippen LogP contribution in [0.15, 0.2) is 109 Å². The van der Waals surface area contributed by atoms with Crippen LogP contribution in [0, 0.1) is 11.6 Å². The Bertz CT molecular complexity index is 2590. The Balaban J connectivity index is 0.000000279. The van der Waals surface area contributed by atoms with Crippen LogP contribution in [0.25, 0.3) is 0 Å². The first-order chi connectivity index (χ1) is 39.5. The van der Waals surface area contributed by atoms with E-state index in [9.17, 15) is 8.78 Å². The molecule has 0 atom stereocenters. The first kappa shape index (κ1) is 74.0. The molecule has 5 aromatic rings. The summed E-state index contributed by atoms with van der Waals surface area (Å²) in [6.07, 6.45) is 6.18. The predicted molar refractivity (Wildman–Crippen MR) is 366 cm³/mol. The Labute approximate surface area is 517 Å². The van der Waals surface area contributed by atoms with Gasteiger partial charge in [0.15, 0.2) is 0 Å². The zero-order valence-corrected chi connectivity index (χ0v) is 57.1. The van der Waals surface area contributed by atoms with Crippen molar-refractivity contribution < 1.29 is 13.5 Å². The Hall–Kier alpha value is -5.28. The minimum atomic E-state index is -0.150. The van der Waals surface area contributed by atoms with E-state index in [4.69, 9.17) is 4.74 Å². The molecule has 5 N–H and O–H groups in total. The van der Waals surface area contributed by atoms with Gasteiger partial charge >= 0.3 is 0 Å². The quantitative estimate of drug-likeness (QED) is 0.0582. The van der Waals surface area contributed by atoms with Gasteiger partial charge < -0.3 is 50.9 Å². The summed E-state index contributed by atoms with van der Waals surface area (Å²) < 4.78 is 32.6. The maximum atomic E-state index is 13.7. The molecule has 0 spiro atoms. The summed E-state index contributed by atoms with van der Waals surface area (Å²) in [5.41, 5.74) is 11.4. The fourth-order valence-corrected chi connectivity index (χ4v) is 9.40. The minimum absolute atomic E-state index is 0.00673. The number of halogens is 2. The van der Waals surface area contributed by atoms with E-state index in [1.54, 1.807) is 12.1 Å². The lowest BCUT2D eigenvalue weighted by Gasteiger charge is -2.26. The Morgan fingerprint density at radius 3 is 1.07 bits per heavy atom. The molecule has 0 radical (unpaired) electrons. The van der Waals surface area contributed by atoms with Gasteiger partial charge in [0.2, 0.25) is 0 Å². The maximum absolute atomic E-state index is 13.7. The van der Waals surface area contributed by atoms with Crippen LogP contribution >= 0.6 is 0 Å². The number of likely N-dealkylation sites (N-methyl/N-ethyl adjacent to an activating group) is 1. The fraction of sp³-hybridized carbons (Fsp3) is 0.583. The van der Waals surface area contributed by atoms with Crippen LogP contribution in [0.4, 0.5) is 37.2 Å². The lowest BCUT2D eigenvalue weighted by Crippen LogP contribution is -2.37. The van der Waals surface area contributed by atoms with Crippen molar-refractivity contribution in [2.75, 3.05) is 128 Å². The number of hydrogen-bond donors (Lipinski definition) is 5. The molecule has 0 amide bonds. The van der Waals surface area contributed by atoms with Gasteiger partial charge in [0.1, 0.15) is 11.6 Å². The number of ether oxygens (including phenoxy) is 1. The number of hydrogen-bond acceptors (Lipinski definition) is 11. The van der Waals surface area contributed by atoms with Crippen LogP contribution in [0.3, 0.4) is 0 Å². The topological polar surface area (TPSA) is 85.6 Å². The molecule has 2 saturated heterocycles. The SMILES string of the molecule is CC(C)(C)Nc1ccc(CCN2CCCC2)cc1.CC(C)(C)Nc1ccc(CCN2CCOCC2)cc1.CN(C)CCc1ccc(NC(C)(C)C)cc1.CN(C)Cc1cc(NC(C)(C)C)ccc1F.CN(C)Cc1ccc(NC(C)(C)C)cc1F. The van der Waals surface area contributed by atoms with Crippen LogP contribution in [0.1, 0.15) is 145 Å². The Morgan fingerprint density at radius 1 is 0.376 bits per heavy atom. The van der Waals surface area contributed by atoms with Crippen LogP contribution in [0.5, 0.6) is 0 Å². The van der Waals surface area contributed by atoms with Gasteiger partial charge in [0.25, 0.3) is 0 Å². The second-order valence-corrected chi connectivity index (χ2v) is 29.1. The van der Waals surface area contributed by atoms with Crippen molar-refractivity contribution in [1.29, 1.82) is 0 Å². The van der Waals surface area contributed by atoms with Gasteiger partial charge in [-0.05, 0) is 275 Å². The minimum Gasteiger partial charge on any atom is -0.380 e. The highest BCUT2D eigenvalue weighted by atomic mass is 19.1. The number of benzene rings is 5. The normalized spacial score (nSPS) is 14.2. The average molecular weight is 1180 g/mol. The van der Waals surface area contributed by atoms with Crippen LogP contribution in [-0.4, -0.2) is 154 Å². The van der Waals surface area contributed by atoms with E-state index in [1.807, 2.05) is 56.2 Å². The van der Waals surface area contributed by atoms with Gasteiger partial charge in [0.05, 0.1) is 13.2 Å². The number of anilines is 5. The molecule has 0 unspecified atom stereocenters. The largest absolute Gasteiger partial charge is 0.380 e. The van der Waals surface area contributed by atoms with Crippen LogP contribution in [-0.2, 0) is 37.1 Å². The summed E-state index contributed by atoms with van der Waals surface area (Å²) in [4.78, 5) is 11.2. The molecular weight excluding hydrogens is 1060 g/mol. The number of nitrogens with zero attached hydrogens (tertiary/aromatic N) is 5. The zero-order chi connectivity index (χ0) is 63.6. The van der Waals surface area contributed by atoms with Crippen molar-refractivity contribution in [2.24, 2.45) is 0 Å². The molecule has 2 aliphatic heterocycles. The third-order valence-corrected chi connectivity index (χ3v) is 13.1. The molecule has 2 aliphatic rings. The van der Waals surface area contributed by atoms with E-state index in [0.717, 1.165) is 74.7 Å². The van der Waals surface area contributed by atoms with Gasteiger partial charge in [0, 0.05) is 113 Å². The Kier molecular flexibility index (Phi) is 30.9. The van der Waals surface area contributed by atoms with Crippen LogP contribution in [0.2, 0.25) is 0 Å². The van der Waals surface area contributed by atoms with Crippen molar-refractivity contribution in [3.8, 4) is 0 Å². The van der Waals surface area contributed by atoms with Crippen molar-refractivity contribution in [3.05, 3.63) is 149 Å². The summed E-state index contributed by atoms with van der Waals surface area (Å²) in [6.45, 7) is 43.2. The van der Waals surface area contributed by atoms with Gasteiger partial charge in [-0.25, -0.2) is 8.78 Å². The highest BCUT2D eigenvalue weighted by Crippen LogP contribution is 2.23. The van der Waals surface area contributed by atoms with E-state index in [-0.39, 0.29) is 39.3 Å². The standard InChI is InChI=1S/C16H26N2O.C16H26N2.C14H24N2.2C13H21FN2/c1-16(2,3)17-15-6-4-14(5-7-15)8-9-18-10-12-19-13-11-18;1-16(2,3)17-15-8-6-14(7-9-15)10-13-18-11-4-5-12-18;1-14(2,3)15-13-8-6-12(7-9-13)10-11-16(4)5;1-13(2,3)15-11-6-7-12(14)10(8-11)9-16(4)5;1-13(2,3)15-11-7-6-10(9-16(4)5)12(14)8-11/h4-7,17H,8-13H2,1-3H3;6-9,17H,4-5,10-13H2,1-3H3;6-9,15H,10-11H2,1-5H3;2*6-8,15H,9H2,1-5H3. The molecule has 11 nitrogen and oxygen atoms in total. The predicted octanol–water partition coefficient (Wildman–Crippen LogP) is 15.5. The number of likely N-dealkylation sites (tertiary alicyclic amines) is 1. The zero-order valence-electron chi connectivity index (χ0n) is 57.1. The molecule has 5 aromatic carbocycles. The molecule has 2 heterocycles. The summed E-state index contributed by atoms with van der Waals surface area (Å²) in [7, 11) is 11.9. The molecular formula is C72H118F2N10O. The third-order valence-electron chi connectivity index (χ3n) is 13.1. The monoisotopic (exact) mass is 1180 g/mol. The van der Waals surface area contributed by atoms with Crippen molar-refractivity contribution in [3.63, 3.8) is 0 Å². The maximum Gasteiger partial charge on any atom is 0.129 e. The second-order valence-electron chi connectivity index (χ2n) is 29.1. The summed E-state index contributed by atoms with van der Waals surface area (Å²) in [5, 5.41) is 17.0. The molecule has 0 bridgehead atoms. The number of nitrogens with one attached hydrogen (secondary N) is 5.